The molecule has 0 spiro atoms. The highest BCUT2D eigenvalue weighted by atomic mass is 19.4. The molecule has 3 rings (SSSR count). The molecule has 2 aromatic rings. The molecule has 0 aliphatic carbocycles. The summed E-state index contributed by atoms with van der Waals surface area (Å²) in [6, 6.07) is 8.99. The number of nitrogens with one attached hydrogen (secondary N) is 2. The summed E-state index contributed by atoms with van der Waals surface area (Å²) in [6.07, 6.45) is -3.07. The second kappa shape index (κ2) is 10.5. The van der Waals surface area contributed by atoms with Gasteiger partial charge in [-0.1, -0.05) is 6.92 Å². The number of hydrogen-bond donors (Lipinski definition) is 2. The Balaban J connectivity index is 1.60. The maximum atomic E-state index is 12.9. The fraction of sp³-hybridized carbons (Fsp3) is 0.391. The average Bonchev–Trinajstić information content (AvgIpc) is 2.82. The van der Waals surface area contributed by atoms with Crippen LogP contribution in [0.15, 0.2) is 42.5 Å². The number of benzene rings is 2. The monoisotopic (exact) mass is 478 g/mol. The summed E-state index contributed by atoms with van der Waals surface area (Å²) in [5, 5.41) is 16.9. The fourth-order valence-corrected chi connectivity index (χ4v) is 3.79. The van der Waals surface area contributed by atoms with Gasteiger partial charge in [-0.15, -0.1) is 0 Å². The van der Waals surface area contributed by atoms with Gasteiger partial charge in [-0.05, 0) is 55.7 Å². The number of nitro benzene ring substituents is 1. The van der Waals surface area contributed by atoms with Crippen molar-refractivity contribution in [3.63, 3.8) is 0 Å². The number of nitrogens with zero attached hydrogens (tertiary/aromatic N) is 2. The molecule has 0 unspecified atom stereocenters. The van der Waals surface area contributed by atoms with E-state index in [1.807, 2.05) is 6.92 Å². The lowest BCUT2D eigenvalue weighted by Gasteiger charge is -2.32. The van der Waals surface area contributed by atoms with E-state index in [0.29, 0.717) is 49.8 Å². The van der Waals surface area contributed by atoms with Crippen LogP contribution in [0, 0.1) is 16.0 Å². The maximum Gasteiger partial charge on any atom is 0.416 e. The lowest BCUT2D eigenvalue weighted by Crippen LogP contribution is -2.38. The zero-order valence-electron chi connectivity index (χ0n) is 18.5. The highest BCUT2D eigenvalue weighted by molar-refractivity contribution is 5.96. The lowest BCUT2D eigenvalue weighted by molar-refractivity contribution is -0.384. The van der Waals surface area contributed by atoms with Crippen molar-refractivity contribution in [3.05, 3.63) is 63.7 Å². The molecule has 1 aliphatic rings. The zero-order chi connectivity index (χ0) is 24.9. The number of halogens is 3. The molecule has 2 N–H and O–H groups in total. The van der Waals surface area contributed by atoms with E-state index < -0.39 is 22.4 Å². The SMILES string of the molecule is CCCNC(=O)c1ccc(NC(=O)C2CCN(c3ccc(C(F)(F)F)cc3[N+](=O)[O-])CC2)cc1. The van der Waals surface area contributed by atoms with Gasteiger partial charge in [-0.25, -0.2) is 0 Å². The van der Waals surface area contributed by atoms with E-state index in [0.717, 1.165) is 18.6 Å². The Morgan fingerprint density at radius 2 is 1.76 bits per heavy atom. The lowest BCUT2D eigenvalue weighted by atomic mass is 9.95. The van der Waals surface area contributed by atoms with Crippen molar-refractivity contribution in [2.24, 2.45) is 5.92 Å². The van der Waals surface area contributed by atoms with Crippen LogP contribution in [0.25, 0.3) is 0 Å². The van der Waals surface area contributed by atoms with Crippen LogP contribution in [0.1, 0.15) is 42.1 Å². The first-order valence-corrected chi connectivity index (χ1v) is 10.9. The number of rotatable bonds is 7. The van der Waals surface area contributed by atoms with E-state index in [9.17, 15) is 32.9 Å². The molecule has 1 saturated heterocycles. The van der Waals surface area contributed by atoms with Crippen molar-refractivity contribution < 1.29 is 27.7 Å². The predicted molar refractivity (Wildman–Crippen MR) is 121 cm³/mol. The van der Waals surface area contributed by atoms with Gasteiger partial charge in [0, 0.05) is 42.9 Å². The van der Waals surface area contributed by atoms with E-state index in [4.69, 9.17) is 0 Å². The summed E-state index contributed by atoms with van der Waals surface area (Å²) in [5.41, 5.74) is -0.559. The van der Waals surface area contributed by atoms with Crippen LogP contribution in [0.4, 0.5) is 30.2 Å². The van der Waals surface area contributed by atoms with Crippen LogP contribution < -0.4 is 15.5 Å². The van der Waals surface area contributed by atoms with E-state index in [1.165, 1.54) is 0 Å². The molecule has 1 fully saturated rings. The molecule has 0 bridgehead atoms. The second-order valence-electron chi connectivity index (χ2n) is 8.04. The molecule has 182 valence electrons. The van der Waals surface area contributed by atoms with Crippen LogP contribution in [0.5, 0.6) is 0 Å². The van der Waals surface area contributed by atoms with Crippen LogP contribution in [0.3, 0.4) is 0 Å². The predicted octanol–water partition coefficient (Wildman–Crippen LogP) is 4.61. The molecule has 0 atom stereocenters. The van der Waals surface area contributed by atoms with Crippen LogP contribution in [-0.4, -0.2) is 36.4 Å². The van der Waals surface area contributed by atoms with Crippen LogP contribution in [0.2, 0.25) is 0 Å². The van der Waals surface area contributed by atoms with E-state index >= 15 is 0 Å². The Kier molecular flexibility index (Phi) is 7.75. The molecule has 1 heterocycles. The van der Waals surface area contributed by atoms with Crippen molar-refractivity contribution in [2.45, 2.75) is 32.4 Å². The third-order valence-electron chi connectivity index (χ3n) is 5.66. The average molecular weight is 478 g/mol. The van der Waals surface area contributed by atoms with Gasteiger partial charge in [0.1, 0.15) is 5.69 Å². The molecule has 0 aromatic heterocycles. The first-order valence-electron chi connectivity index (χ1n) is 10.9. The minimum absolute atomic E-state index is 0.105. The summed E-state index contributed by atoms with van der Waals surface area (Å²) >= 11 is 0. The summed E-state index contributed by atoms with van der Waals surface area (Å²) in [4.78, 5) is 36.8. The Labute approximate surface area is 194 Å². The normalized spacial score (nSPS) is 14.5. The van der Waals surface area contributed by atoms with E-state index in [2.05, 4.69) is 10.6 Å². The van der Waals surface area contributed by atoms with Gasteiger partial charge < -0.3 is 15.5 Å². The largest absolute Gasteiger partial charge is 0.416 e. The summed E-state index contributed by atoms with van der Waals surface area (Å²) in [7, 11) is 0. The van der Waals surface area contributed by atoms with Crippen molar-refractivity contribution in [2.75, 3.05) is 29.9 Å². The number of anilines is 2. The second-order valence-corrected chi connectivity index (χ2v) is 8.04. The minimum Gasteiger partial charge on any atom is -0.366 e. The van der Waals surface area contributed by atoms with E-state index in [1.54, 1.807) is 29.2 Å². The van der Waals surface area contributed by atoms with Gasteiger partial charge in [-0.3, -0.25) is 19.7 Å². The number of carbonyl (C=O) groups excluding carboxylic acids is 2. The zero-order valence-corrected chi connectivity index (χ0v) is 18.5. The van der Waals surface area contributed by atoms with Crippen LogP contribution >= 0.6 is 0 Å². The number of alkyl halides is 3. The van der Waals surface area contributed by atoms with Crippen molar-refractivity contribution >= 4 is 28.9 Å². The number of carbonyl (C=O) groups is 2. The third kappa shape index (κ3) is 6.03. The Bertz CT molecular complexity index is 1050. The molecule has 2 aromatic carbocycles. The molecule has 2 amide bonds. The molecular formula is C23H25F3N4O4. The summed E-state index contributed by atoms with van der Waals surface area (Å²) < 4.78 is 38.8. The Morgan fingerprint density at radius 1 is 1.12 bits per heavy atom. The first kappa shape index (κ1) is 25.0. The van der Waals surface area contributed by atoms with Gasteiger partial charge in [0.2, 0.25) is 5.91 Å². The molecule has 0 saturated carbocycles. The fourth-order valence-electron chi connectivity index (χ4n) is 3.79. The number of nitro groups is 1. The van der Waals surface area contributed by atoms with Crippen molar-refractivity contribution in [3.8, 4) is 0 Å². The van der Waals surface area contributed by atoms with E-state index in [-0.39, 0.29) is 23.4 Å². The van der Waals surface area contributed by atoms with Crippen LogP contribution in [-0.2, 0) is 11.0 Å². The highest BCUT2D eigenvalue weighted by Crippen LogP contribution is 2.37. The van der Waals surface area contributed by atoms with Gasteiger partial charge in [0.25, 0.3) is 11.6 Å². The Hall–Kier alpha value is -3.63. The highest BCUT2D eigenvalue weighted by Gasteiger charge is 2.35. The maximum absolute atomic E-state index is 12.9. The topological polar surface area (TPSA) is 105 Å². The third-order valence-corrected chi connectivity index (χ3v) is 5.66. The number of hydrogen-bond acceptors (Lipinski definition) is 5. The van der Waals surface area contributed by atoms with Gasteiger partial charge >= 0.3 is 6.18 Å². The van der Waals surface area contributed by atoms with Crippen molar-refractivity contribution in [1.82, 2.24) is 5.32 Å². The molecule has 34 heavy (non-hydrogen) atoms. The van der Waals surface area contributed by atoms with Gasteiger partial charge in [0.05, 0.1) is 10.5 Å². The van der Waals surface area contributed by atoms with Gasteiger partial charge in [0.15, 0.2) is 0 Å². The Morgan fingerprint density at radius 3 is 2.32 bits per heavy atom. The number of amides is 2. The first-order chi connectivity index (χ1) is 16.1. The van der Waals surface area contributed by atoms with Crippen molar-refractivity contribution in [1.29, 1.82) is 0 Å². The number of piperidine rings is 1. The molecule has 11 heteroatoms. The quantitative estimate of drug-likeness (QED) is 0.447. The molecular weight excluding hydrogens is 453 g/mol. The molecule has 0 radical (unpaired) electrons. The summed E-state index contributed by atoms with van der Waals surface area (Å²) in [5.74, 6) is -0.758. The minimum atomic E-state index is -4.67. The van der Waals surface area contributed by atoms with Gasteiger partial charge in [-0.2, -0.15) is 13.2 Å². The molecule has 1 aliphatic heterocycles. The standard InChI is InChI=1S/C23H25F3N4O4/c1-2-11-27-21(31)15-3-6-18(7-4-15)28-22(32)16-9-12-29(13-10-16)19-8-5-17(23(24,25)26)14-20(19)30(33)34/h3-8,14,16H,2,9-13H2,1H3,(H,27,31)(H,28,32). The molecule has 8 nitrogen and oxygen atoms in total. The smallest absolute Gasteiger partial charge is 0.366 e. The summed E-state index contributed by atoms with van der Waals surface area (Å²) in [6.45, 7) is 3.11.